The molecule has 0 fully saturated rings. The Balaban J connectivity index is 2.51. The summed E-state index contributed by atoms with van der Waals surface area (Å²) in [6, 6.07) is 7.93. The van der Waals surface area contributed by atoms with Gasteiger partial charge in [0.25, 0.3) is 0 Å². The van der Waals surface area contributed by atoms with E-state index < -0.39 is 0 Å². The summed E-state index contributed by atoms with van der Waals surface area (Å²) in [6.07, 6.45) is 2.48. The van der Waals surface area contributed by atoms with Crippen molar-refractivity contribution in [3.63, 3.8) is 0 Å². The van der Waals surface area contributed by atoms with E-state index in [-0.39, 0.29) is 5.92 Å². The van der Waals surface area contributed by atoms with Crippen molar-refractivity contribution in [1.29, 1.82) is 0 Å². The van der Waals surface area contributed by atoms with Crippen molar-refractivity contribution in [1.82, 2.24) is 0 Å². The van der Waals surface area contributed by atoms with Gasteiger partial charge in [0.05, 0.1) is 5.70 Å². The van der Waals surface area contributed by atoms with Gasteiger partial charge in [0.15, 0.2) is 0 Å². The second-order valence-electron chi connectivity index (χ2n) is 3.96. The van der Waals surface area contributed by atoms with Gasteiger partial charge in [-0.25, -0.2) is 0 Å². The number of hydrogen-bond acceptors (Lipinski definition) is 3. The number of rotatable bonds is 3. The number of benzene rings is 1. The quantitative estimate of drug-likeness (QED) is 0.807. The van der Waals surface area contributed by atoms with E-state index in [2.05, 4.69) is 18.3 Å². The molecule has 88 valence electrons. The molecule has 0 amide bonds. The molecule has 0 saturated heterocycles. The van der Waals surface area contributed by atoms with Gasteiger partial charge in [-0.2, -0.15) is 0 Å². The third-order valence-electron chi connectivity index (χ3n) is 2.94. The Morgan fingerprint density at radius 1 is 1.47 bits per heavy atom. The van der Waals surface area contributed by atoms with Gasteiger partial charge in [0.1, 0.15) is 11.5 Å². The Bertz CT molecular complexity index is 477. The number of nitrogens with two attached hydrogens (primary N) is 1. The second-order valence-corrected chi connectivity index (χ2v) is 3.96. The molecule has 0 bridgehead atoms. The Hall–Kier alpha value is -1.87. The minimum atomic E-state index is 0.129. The molecular formula is C14H16N2O. The lowest BCUT2D eigenvalue weighted by molar-refractivity contribution is 0.435. The molecule has 3 nitrogen and oxygen atoms in total. The van der Waals surface area contributed by atoms with Crippen LogP contribution >= 0.6 is 0 Å². The molecule has 1 atom stereocenters. The Kier molecular flexibility index (Phi) is 3.40. The van der Waals surface area contributed by atoms with Crippen molar-refractivity contribution in [2.45, 2.75) is 6.42 Å². The Morgan fingerprint density at radius 2 is 2.24 bits per heavy atom. The molecule has 0 radical (unpaired) electrons. The fourth-order valence-electron chi connectivity index (χ4n) is 2.05. The summed E-state index contributed by atoms with van der Waals surface area (Å²) in [4.78, 5) is 4.05. The van der Waals surface area contributed by atoms with Crippen molar-refractivity contribution >= 4 is 6.72 Å². The molecule has 0 saturated carbocycles. The maximum atomic E-state index is 5.81. The lowest BCUT2D eigenvalue weighted by Gasteiger charge is -2.13. The molecule has 0 spiro atoms. The number of ether oxygens (including phenoxy) is 1. The number of para-hydroxylation sites is 1. The van der Waals surface area contributed by atoms with Gasteiger partial charge in [-0.1, -0.05) is 24.8 Å². The fourth-order valence-corrected chi connectivity index (χ4v) is 2.05. The number of hydrogen-bond donors (Lipinski definition) is 1. The molecule has 0 aromatic heterocycles. The average molecular weight is 228 g/mol. The van der Waals surface area contributed by atoms with Crippen LogP contribution in [-0.2, 0) is 6.42 Å². The molecule has 2 rings (SSSR count). The number of fused-ring (bicyclic) bond motifs is 1. The van der Waals surface area contributed by atoms with Crippen LogP contribution in [0.25, 0.3) is 0 Å². The van der Waals surface area contributed by atoms with Crippen molar-refractivity contribution in [2.24, 2.45) is 16.6 Å². The molecule has 3 heteroatoms. The lowest BCUT2D eigenvalue weighted by atomic mass is 9.96. The van der Waals surface area contributed by atoms with Gasteiger partial charge >= 0.3 is 0 Å². The third-order valence-corrected chi connectivity index (χ3v) is 2.94. The van der Waals surface area contributed by atoms with Crippen LogP contribution in [0.5, 0.6) is 5.75 Å². The number of nitrogens with zero attached hydrogens (tertiary/aromatic N) is 1. The Morgan fingerprint density at radius 3 is 2.88 bits per heavy atom. The summed E-state index contributed by atoms with van der Waals surface area (Å²) in [5, 5.41) is 0. The smallest absolute Gasteiger partial charge is 0.148 e. The van der Waals surface area contributed by atoms with E-state index in [1.165, 1.54) is 0 Å². The first kappa shape index (κ1) is 11.6. The predicted molar refractivity (Wildman–Crippen MR) is 70.1 cm³/mol. The van der Waals surface area contributed by atoms with E-state index in [1.807, 2.05) is 24.3 Å². The molecular weight excluding hydrogens is 212 g/mol. The van der Waals surface area contributed by atoms with E-state index in [1.54, 1.807) is 6.08 Å². The summed E-state index contributed by atoms with van der Waals surface area (Å²) >= 11 is 0. The van der Waals surface area contributed by atoms with E-state index in [9.17, 15) is 0 Å². The summed E-state index contributed by atoms with van der Waals surface area (Å²) in [7, 11) is 0. The summed E-state index contributed by atoms with van der Waals surface area (Å²) in [6.45, 7) is 7.87. The minimum absolute atomic E-state index is 0.129. The van der Waals surface area contributed by atoms with E-state index in [0.29, 0.717) is 12.3 Å². The maximum absolute atomic E-state index is 5.81. The van der Waals surface area contributed by atoms with Gasteiger partial charge < -0.3 is 10.5 Å². The topological polar surface area (TPSA) is 47.6 Å². The Labute approximate surface area is 101 Å². The van der Waals surface area contributed by atoms with E-state index >= 15 is 0 Å². The average Bonchev–Trinajstić information content (AvgIpc) is 2.53. The van der Waals surface area contributed by atoms with E-state index in [4.69, 9.17) is 10.5 Å². The van der Waals surface area contributed by atoms with Crippen LogP contribution in [0.3, 0.4) is 0 Å². The van der Waals surface area contributed by atoms with Gasteiger partial charge in [0.2, 0.25) is 0 Å². The molecule has 2 N–H and O–H groups in total. The molecule has 1 aromatic carbocycles. The van der Waals surface area contributed by atoms with E-state index in [0.717, 1.165) is 23.4 Å². The SMILES string of the molecule is C=CC1=C(N=C)[C@H](CN)Cc2ccccc2O1. The molecule has 17 heavy (non-hydrogen) atoms. The zero-order chi connectivity index (χ0) is 12.3. The van der Waals surface area contributed by atoms with Crippen LogP contribution in [0.1, 0.15) is 5.56 Å². The molecule has 1 heterocycles. The highest BCUT2D eigenvalue weighted by atomic mass is 16.5. The highest BCUT2D eigenvalue weighted by Crippen LogP contribution is 2.32. The highest BCUT2D eigenvalue weighted by Gasteiger charge is 2.23. The van der Waals surface area contributed by atoms with Gasteiger partial charge in [-0.3, -0.25) is 4.99 Å². The van der Waals surface area contributed by atoms with Crippen molar-refractivity contribution < 1.29 is 4.74 Å². The highest BCUT2D eigenvalue weighted by molar-refractivity contribution is 5.42. The molecule has 1 aromatic rings. The van der Waals surface area contributed by atoms with Crippen LogP contribution in [0, 0.1) is 5.92 Å². The van der Waals surface area contributed by atoms with Crippen LogP contribution in [0.15, 0.2) is 53.4 Å². The van der Waals surface area contributed by atoms with Crippen LogP contribution in [0.4, 0.5) is 0 Å². The third kappa shape index (κ3) is 2.15. The summed E-state index contributed by atoms with van der Waals surface area (Å²) in [5.41, 5.74) is 7.73. The number of allylic oxidation sites excluding steroid dienone is 1. The molecule has 1 aliphatic rings. The minimum Gasteiger partial charge on any atom is -0.455 e. The second kappa shape index (κ2) is 4.97. The van der Waals surface area contributed by atoms with Crippen LogP contribution in [-0.4, -0.2) is 13.3 Å². The summed E-state index contributed by atoms with van der Waals surface area (Å²) in [5.74, 6) is 1.63. The zero-order valence-electron chi connectivity index (χ0n) is 9.73. The largest absolute Gasteiger partial charge is 0.455 e. The lowest BCUT2D eigenvalue weighted by Crippen LogP contribution is -2.18. The van der Waals surface area contributed by atoms with Crippen LogP contribution in [0.2, 0.25) is 0 Å². The van der Waals surface area contributed by atoms with Crippen molar-refractivity contribution in [2.75, 3.05) is 6.54 Å². The predicted octanol–water partition coefficient (Wildman–Crippen LogP) is 2.29. The van der Waals surface area contributed by atoms with Crippen LogP contribution < -0.4 is 10.5 Å². The first-order valence-corrected chi connectivity index (χ1v) is 5.59. The van der Waals surface area contributed by atoms with Crippen molar-refractivity contribution in [3.05, 3.63) is 53.9 Å². The maximum Gasteiger partial charge on any atom is 0.148 e. The number of aliphatic imine (C=N–C) groups is 1. The van der Waals surface area contributed by atoms with Gasteiger partial charge in [-0.05, 0) is 30.8 Å². The molecule has 0 aliphatic carbocycles. The monoisotopic (exact) mass is 228 g/mol. The molecule has 0 unspecified atom stereocenters. The van der Waals surface area contributed by atoms with Gasteiger partial charge in [0, 0.05) is 12.5 Å². The zero-order valence-corrected chi connectivity index (χ0v) is 9.73. The standard InChI is InChI=1S/C14H16N2O/c1-3-12-14(16-2)11(9-15)8-10-6-4-5-7-13(10)17-12/h3-7,11H,1-2,8-9,15H2/t11-/m0/s1. The van der Waals surface area contributed by atoms with Crippen molar-refractivity contribution in [3.8, 4) is 5.75 Å². The van der Waals surface area contributed by atoms with Gasteiger partial charge in [-0.15, -0.1) is 0 Å². The fraction of sp³-hybridized carbons (Fsp3) is 0.214. The summed E-state index contributed by atoms with van der Waals surface area (Å²) < 4.78 is 5.81. The molecule has 1 aliphatic heterocycles. The first-order chi connectivity index (χ1) is 8.30. The first-order valence-electron chi connectivity index (χ1n) is 5.59. The normalized spacial score (nSPS) is 19.0.